The number of rotatable bonds is 5. The summed E-state index contributed by atoms with van der Waals surface area (Å²) in [6.07, 6.45) is 0.148. The molecule has 1 atom stereocenters. The summed E-state index contributed by atoms with van der Waals surface area (Å²) in [6.45, 7) is 5.48. The van der Waals surface area contributed by atoms with Crippen LogP contribution in [0.4, 0.5) is 5.69 Å². The predicted molar refractivity (Wildman–Crippen MR) is 83.3 cm³/mol. The minimum atomic E-state index is -0.454. The number of carbonyl (C=O) groups excluding carboxylic acids is 3. The summed E-state index contributed by atoms with van der Waals surface area (Å²) in [7, 11) is 0. The minimum Gasteiger partial charge on any atom is -0.369 e. The second kappa shape index (κ2) is 6.60. The molecule has 0 aliphatic carbocycles. The van der Waals surface area contributed by atoms with Crippen molar-refractivity contribution in [3.63, 3.8) is 0 Å². The third-order valence-corrected chi connectivity index (χ3v) is 4.00. The predicted octanol–water partition coefficient (Wildman–Crippen LogP) is 1.01. The Kier molecular flexibility index (Phi) is 4.80. The van der Waals surface area contributed by atoms with E-state index in [1.54, 1.807) is 34.1 Å². The molecule has 0 aromatic heterocycles. The van der Waals surface area contributed by atoms with Crippen molar-refractivity contribution < 1.29 is 14.4 Å². The summed E-state index contributed by atoms with van der Waals surface area (Å²) in [4.78, 5) is 38.7. The highest BCUT2D eigenvalue weighted by molar-refractivity contribution is 6.00. The topological polar surface area (TPSA) is 83.7 Å². The molecular formula is C16H21N3O3. The van der Waals surface area contributed by atoms with Crippen molar-refractivity contribution in [2.24, 2.45) is 11.7 Å². The average Bonchev–Trinajstić information content (AvgIpc) is 2.91. The molecule has 1 heterocycles. The maximum atomic E-state index is 12.2. The Morgan fingerprint density at radius 1 is 1.23 bits per heavy atom. The molecule has 6 nitrogen and oxygen atoms in total. The van der Waals surface area contributed by atoms with Gasteiger partial charge < -0.3 is 15.5 Å². The van der Waals surface area contributed by atoms with Crippen LogP contribution in [0.1, 0.15) is 30.6 Å². The fourth-order valence-corrected chi connectivity index (χ4v) is 2.63. The van der Waals surface area contributed by atoms with E-state index in [9.17, 15) is 14.4 Å². The maximum absolute atomic E-state index is 12.2. The van der Waals surface area contributed by atoms with Crippen LogP contribution >= 0.6 is 0 Å². The van der Waals surface area contributed by atoms with Crippen LogP contribution in [0.2, 0.25) is 0 Å². The third kappa shape index (κ3) is 3.10. The zero-order valence-electron chi connectivity index (χ0n) is 12.9. The molecule has 3 amide bonds. The highest BCUT2D eigenvalue weighted by Gasteiger charge is 2.33. The van der Waals surface area contributed by atoms with Gasteiger partial charge in [-0.15, -0.1) is 0 Å². The van der Waals surface area contributed by atoms with Gasteiger partial charge in [0.2, 0.25) is 11.8 Å². The van der Waals surface area contributed by atoms with E-state index in [1.165, 1.54) is 0 Å². The Morgan fingerprint density at radius 3 is 2.27 bits per heavy atom. The number of anilines is 1. The molecular weight excluding hydrogens is 282 g/mol. The van der Waals surface area contributed by atoms with Gasteiger partial charge in [-0.05, 0) is 38.1 Å². The number of hydrogen-bond acceptors (Lipinski definition) is 3. The van der Waals surface area contributed by atoms with Crippen molar-refractivity contribution in [2.45, 2.75) is 20.3 Å². The van der Waals surface area contributed by atoms with Gasteiger partial charge in [-0.1, -0.05) is 0 Å². The first-order valence-electron chi connectivity index (χ1n) is 7.46. The number of hydrogen-bond donors (Lipinski definition) is 1. The van der Waals surface area contributed by atoms with Crippen LogP contribution in [0.15, 0.2) is 24.3 Å². The Labute approximate surface area is 129 Å². The molecule has 0 spiro atoms. The van der Waals surface area contributed by atoms with E-state index in [4.69, 9.17) is 5.73 Å². The van der Waals surface area contributed by atoms with Gasteiger partial charge in [0, 0.05) is 37.3 Å². The first-order valence-corrected chi connectivity index (χ1v) is 7.46. The summed E-state index contributed by atoms with van der Waals surface area (Å²) in [5.41, 5.74) is 6.53. The van der Waals surface area contributed by atoms with Gasteiger partial charge in [0.25, 0.3) is 5.91 Å². The molecule has 0 saturated carbocycles. The molecule has 1 fully saturated rings. The Hall–Kier alpha value is -2.37. The molecule has 1 saturated heterocycles. The summed E-state index contributed by atoms with van der Waals surface area (Å²) in [6, 6.07) is 6.89. The summed E-state index contributed by atoms with van der Waals surface area (Å²) in [5.74, 6) is -1.04. The van der Waals surface area contributed by atoms with Gasteiger partial charge in [0.1, 0.15) is 0 Å². The molecule has 1 aliphatic rings. The van der Waals surface area contributed by atoms with Crippen LogP contribution in [-0.4, -0.2) is 42.3 Å². The second-order valence-electron chi connectivity index (χ2n) is 5.33. The largest absolute Gasteiger partial charge is 0.369 e. The summed E-state index contributed by atoms with van der Waals surface area (Å²) < 4.78 is 0. The monoisotopic (exact) mass is 303 g/mol. The van der Waals surface area contributed by atoms with Gasteiger partial charge in [-0.3, -0.25) is 14.4 Å². The fourth-order valence-electron chi connectivity index (χ4n) is 2.63. The molecule has 0 bridgehead atoms. The zero-order chi connectivity index (χ0) is 16.3. The molecule has 1 aromatic rings. The molecule has 6 heteroatoms. The molecule has 1 aromatic carbocycles. The lowest BCUT2D eigenvalue weighted by molar-refractivity contribution is -0.123. The van der Waals surface area contributed by atoms with Crippen molar-refractivity contribution in [1.82, 2.24) is 4.90 Å². The smallest absolute Gasteiger partial charge is 0.253 e. The van der Waals surface area contributed by atoms with E-state index in [0.717, 1.165) is 0 Å². The van der Waals surface area contributed by atoms with Crippen LogP contribution in [-0.2, 0) is 9.59 Å². The molecule has 1 aliphatic heterocycles. The average molecular weight is 303 g/mol. The second-order valence-corrected chi connectivity index (χ2v) is 5.33. The number of benzene rings is 1. The maximum Gasteiger partial charge on any atom is 0.253 e. The summed E-state index contributed by atoms with van der Waals surface area (Å²) >= 11 is 0. The van der Waals surface area contributed by atoms with Crippen molar-refractivity contribution in [1.29, 1.82) is 0 Å². The number of nitrogens with two attached hydrogens (primary N) is 1. The Morgan fingerprint density at radius 2 is 1.82 bits per heavy atom. The lowest BCUT2D eigenvalue weighted by Gasteiger charge is -2.20. The third-order valence-electron chi connectivity index (χ3n) is 4.00. The van der Waals surface area contributed by atoms with E-state index < -0.39 is 11.8 Å². The highest BCUT2D eigenvalue weighted by Crippen LogP contribution is 2.25. The fraction of sp³-hybridized carbons (Fsp3) is 0.438. The number of nitrogens with zero attached hydrogens (tertiary/aromatic N) is 2. The molecule has 2 rings (SSSR count). The standard InChI is InChI=1S/C16H21N3O3/c1-3-18(4-2)16(22)11-5-7-13(8-6-11)19-10-12(15(17)21)9-14(19)20/h5-8,12H,3-4,9-10H2,1-2H3,(H2,17,21). The quantitative estimate of drug-likeness (QED) is 0.881. The highest BCUT2D eigenvalue weighted by atomic mass is 16.2. The van der Waals surface area contributed by atoms with Gasteiger partial charge >= 0.3 is 0 Å². The number of amides is 3. The first-order chi connectivity index (χ1) is 10.5. The van der Waals surface area contributed by atoms with Crippen LogP contribution in [0, 0.1) is 5.92 Å². The van der Waals surface area contributed by atoms with Crippen LogP contribution in [0.3, 0.4) is 0 Å². The number of primary amides is 1. The summed E-state index contributed by atoms with van der Waals surface area (Å²) in [5, 5.41) is 0. The molecule has 2 N–H and O–H groups in total. The Balaban J connectivity index is 2.14. The molecule has 22 heavy (non-hydrogen) atoms. The minimum absolute atomic E-state index is 0.0284. The Bertz CT molecular complexity index is 579. The SMILES string of the molecule is CCN(CC)C(=O)c1ccc(N2CC(C(N)=O)CC2=O)cc1. The normalized spacial score (nSPS) is 17.6. The van der Waals surface area contributed by atoms with E-state index in [1.807, 2.05) is 13.8 Å². The van der Waals surface area contributed by atoms with Crippen molar-refractivity contribution in [2.75, 3.05) is 24.5 Å². The van der Waals surface area contributed by atoms with Gasteiger partial charge in [0.05, 0.1) is 5.92 Å². The lowest BCUT2D eigenvalue weighted by Crippen LogP contribution is -2.30. The van der Waals surface area contributed by atoms with Crippen LogP contribution in [0.5, 0.6) is 0 Å². The van der Waals surface area contributed by atoms with E-state index in [-0.39, 0.29) is 18.2 Å². The van der Waals surface area contributed by atoms with E-state index in [0.29, 0.717) is 30.9 Å². The van der Waals surface area contributed by atoms with Crippen molar-refractivity contribution in [3.05, 3.63) is 29.8 Å². The van der Waals surface area contributed by atoms with E-state index in [2.05, 4.69) is 0 Å². The molecule has 0 radical (unpaired) electrons. The van der Waals surface area contributed by atoms with Crippen LogP contribution in [0.25, 0.3) is 0 Å². The first kappa shape index (κ1) is 16.0. The zero-order valence-corrected chi connectivity index (χ0v) is 12.9. The van der Waals surface area contributed by atoms with Gasteiger partial charge in [-0.25, -0.2) is 0 Å². The molecule has 118 valence electrons. The lowest BCUT2D eigenvalue weighted by atomic mass is 10.1. The van der Waals surface area contributed by atoms with E-state index >= 15 is 0 Å². The molecule has 1 unspecified atom stereocenters. The van der Waals surface area contributed by atoms with Gasteiger partial charge in [0.15, 0.2) is 0 Å². The number of carbonyl (C=O) groups is 3. The van der Waals surface area contributed by atoms with Crippen molar-refractivity contribution >= 4 is 23.4 Å². The van der Waals surface area contributed by atoms with Crippen LogP contribution < -0.4 is 10.6 Å². The van der Waals surface area contributed by atoms with Crippen molar-refractivity contribution in [3.8, 4) is 0 Å². The van der Waals surface area contributed by atoms with Gasteiger partial charge in [-0.2, -0.15) is 0 Å².